The van der Waals surface area contributed by atoms with Crippen molar-refractivity contribution in [2.45, 2.75) is 19.8 Å². The first kappa shape index (κ1) is 17.2. The van der Waals surface area contributed by atoms with Crippen molar-refractivity contribution >= 4 is 23.2 Å². The van der Waals surface area contributed by atoms with Crippen molar-refractivity contribution in [1.29, 1.82) is 0 Å². The lowest BCUT2D eigenvalue weighted by Gasteiger charge is -2.20. The highest BCUT2D eigenvalue weighted by Gasteiger charge is 2.15. The number of amides is 1. The fourth-order valence-corrected chi connectivity index (χ4v) is 2.90. The average molecular weight is 355 g/mol. The Labute approximate surface area is 152 Å². The maximum absolute atomic E-state index is 12.5. The van der Waals surface area contributed by atoms with E-state index in [0.29, 0.717) is 36.1 Å². The number of carbonyl (C=O) groups is 1. The number of nitrogens with zero attached hydrogens (tertiary/aromatic N) is 2. The van der Waals surface area contributed by atoms with E-state index in [9.17, 15) is 4.79 Å². The van der Waals surface area contributed by atoms with Gasteiger partial charge in [-0.2, -0.15) is 0 Å². The van der Waals surface area contributed by atoms with Crippen LogP contribution < -0.4 is 4.90 Å². The van der Waals surface area contributed by atoms with Gasteiger partial charge in [0.05, 0.1) is 11.2 Å². The molecule has 2 aromatic carbocycles. The van der Waals surface area contributed by atoms with Gasteiger partial charge in [-0.25, -0.2) is 4.98 Å². The number of oxazole rings is 1. The predicted octanol–water partition coefficient (Wildman–Crippen LogP) is 4.98. The van der Waals surface area contributed by atoms with Gasteiger partial charge in [0.25, 0.3) is 0 Å². The van der Waals surface area contributed by atoms with E-state index in [4.69, 9.17) is 16.0 Å². The lowest BCUT2D eigenvalue weighted by Crippen LogP contribution is -2.30. The standard InChI is InChI=1S/C20H19ClN2O2/c1-2-23(15-8-4-3-5-9-15)20(24)13-12-19-22-14-18(25-19)16-10-6-7-11-17(16)21/h3-11,14H,2,12-13H2,1H3. The largest absolute Gasteiger partial charge is 0.441 e. The Kier molecular flexibility index (Phi) is 5.51. The molecule has 1 heterocycles. The van der Waals surface area contributed by atoms with Gasteiger partial charge < -0.3 is 9.32 Å². The minimum atomic E-state index is 0.0474. The number of anilines is 1. The van der Waals surface area contributed by atoms with Gasteiger partial charge in [0, 0.05) is 30.6 Å². The van der Waals surface area contributed by atoms with Gasteiger partial charge in [0.2, 0.25) is 5.91 Å². The van der Waals surface area contributed by atoms with Gasteiger partial charge in [0.15, 0.2) is 11.7 Å². The van der Waals surface area contributed by atoms with Crippen LogP contribution in [0.25, 0.3) is 11.3 Å². The summed E-state index contributed by atoms with van der Waals surface area (Å²) in [5.41, 5.74) is 1.70. The topological polar surface area (TPSA) is 46.3 Å². The number of aryl methyl sites for hydroxylation is 1. The van der Waals surface area contributed by atoms with Gasteiger partial charge in [-0.3, -0.25) is 4.79 Å². The zero-order chi connectivity index (χ0) is 17.6. The summed E-state index contributed by atoms with van der Waals surface area (Å²) >= 11 is 6.18. The van der Waals surface area contributed by atoms with Crippen LogP contribution in [-0.4, -0.2) is 17.4 Å². The molecule has 0 atom stereocenters. The summed E-state index contributed by atoms with van der Waals surface area (Å²) in [6.07, 6.45) is 2.44. The number of rotatable bonds is 6. The zero-order valence-electron chi connectivity index (χ0n) is 14.0. The van der Waals surface area contributed by atoms with Gasteiger partial charge in [-0.05, 0) is 31.2 Å². The van der Waals surface area contributed by atoms with E-state index < -0.39 is 0 Å². The summed E-state index contributed by atoms with van der Waals surface area (Å²) in [5, 5.41) is 0.613. The molecule has 0 aliphatic rings. The van der Waals surface area contributed by atoms with Crippen molar-refractivity contribution in [2.24, 2.45) is 0 Å². The van der Waals surface area contributed by atoms with Gasteiger partial charge in [-0.15, -0.1) is 0 Å². The third-order valence-electron chi connectivity index (χ3n) is 3.93. The molecule has 0 aliphatic heterocycles. The van der Waals surface area contributed by atoms with Crippen LogP contribution in [0.4, 0.5) is 5.69 Å². The molecule has 1 aromatic heterocycles. The first-order valence-electron chi connectivity index (χ1n) is 8.24. The molecule has 0 N–H and O–H groups in total. The van der Waals surface area contributed by atoms with Crippen molar-refractivity contribution in [1.82, 2.24) is 4.98 Å². The summed E-state index contributed by atoms with van der Waals surface area (Å²) < 4.78 is 5.75. The van der Waals surface area contributed by atoms with Crippen LogP contribution in [0.15, 0.2) is 65.2 Å². The Hall–Kier alpha value is -2.59. The highest BCUT2D eigenvalue weighted by atomic mass is 35.5. The monoisotopic (exact) mass is 354 g/mol. The van der Waals surface area contributed by atoms with Gasteiger partial charge >= 0.3 is 0 Å². The molecule has 0 bridgehead atoms. The van der Waals surface area contributed by atoms with E-state index in [1.54, 1.807) is 11.1 Å². The number of halogens is 1. The van der Waals surface area contributed by atoms with E-state index in [2.05, 4.69) is 4.98 Å². The number of benzene rings is 2. The maximum atomic E-state index is 12.5. The van der Waals surface area contributed by atoms with Crippen molar-refractivity contribution in [2.75, 3.05) is 11.4 Å². The summed E-state index contributed by atoms with van der Waals surface area (Å²) in [4.78, 5) is 18.5. The molecule has 0 aliphatic carbocycles. The van der Waals surface area contributed by atoms with Gasteiger partial charge in [-0.1, -0.05) is 41.9 Å². The highest BCUT2D eigenvalue weighted by Crippen LogP contribution is 2.28. The van der Waals surface area contributed by atoms with Crippen LogP contribution in [-0.2, 0) is 11.2 Å². The molecule has 4 nitrogen and oxygen atoms in total. The van der Waals surface area contributed by atoms with Crippen LogP contribution in [0, 0.1) is 0 Å². The number of hydrogen-bond acceptors (Lipinski definition) is 3. The molecular weight excluding hydrogens is 336 g/mol. The molecule has 25 heavy (non-hydrogen) atoms. The van der Waals surface area contributed by atoms with Crippen LogP contribution in [0.1, 0.15) is 19.2 Å². The van der Waals surface area contributed by atoms with Crippen molar-refractivity contribution < 1.29 is 9.21 Å². The smallest absolute Gasteiger partial charge is 0.227 e. The summed E-state index contributed by atoms with van der Waals surface area (Å²) in [6, 6.07) is 17.1. The van der Waals surface area contributed by atoms with E-state index in [-0.39, 0.29) is 5.91 Å². The first-order valence-corrected chi connectivity index (χ1v) is 8.62. The highest BCUT2D eigenvalue weighted by molar-refractivity contribution is 6.33. The quantitative estimate of drug-likeness (QED) is 0.627. The second-order valence-electron chi connectivity index (χ2n) is 5.57. The zero-order valence-corrected chi connectivity index (χ0v) is 14.7. The van der Waals surface area contributed by atoms with Crippen LogP contribution in [0.5, 0.6) is 0 Å². The molecule has 0 fully saturated rings. The Morgan fingerprint density at radius 1 is 1.12 bits per heavy atom. The molecule has 0 radical (unpaired) electrons. The normalized spacial score (nSPS) is 10.6. The number of para-hydroxylation sites is 1. The number of hydrogen-bond donors (Lipinski definition) is 0. The van der Waals surface area contributed by atoms with Crippen LogP contribution in [0.2, 0.25) is 5.02 Å². The molecule has 0 saturated carbocycles. The maximum Gasteiger partial charge on any atom is 0.227 e. The van der Waals surface area contributed by atoms with E-state index >= 15 is 0 Å². The summed E-state index contributed by atoms with van der Waals surface area (Å²) in [5.74, 6) is 1.20. The minimum Gasteiger partial charge on any atom is -0.441 e. The second kappa shape index (κ2) is 7.99. The Morgan fingerprint density at radius 3 is 2.56 bits per heavy atom. The lowest BCUT2D eigenvalue weighted by atomic mass is 10.2. The minimum absolute atomic E-state index is 0.0474. The molecule has 0 spiro atoms. The third kappa shape index (κ3) is 4.09. The van der Waals surface area contributed by atoms with Crippen molar-refractivity contribution in [3.8, 4) is 11.3 Å². The number of carbonyl (C=O) groups excluding carboxylic acids is 1. The predicted molar refractivity (Wildman–Crippen MR) is 99.7 cm³/mol. The van der Waals surface area contributed by atoms with Crippen molar-refractivity contribution in [3.05, 3.63) is 71.7 Å². The van der Waals surface area contributed by atoms with Gasteiger partial charge in [0.1, 0.15) is 0 Å². The molecule has 0 unspecified atom stereocenters. The van der Waals surface area contributed by atoms with E-state index in [1.165, 1.54) is 0 Å². The Morgan fingerprint density at radius 2 is 1.84 bits per heavy atom. The second-order valence-corrected chi connectivity index (χ2v) is 5.98. The SMILES string of the molecule is CCN(C(=O)CCc1ncc(-c2ccccc2Cl)o1)c1ccccc1. The van der Waals surface area contributed by atoms with Crippen LogP contribution >= 0.6 is 11.6 Å². The fourth-order valence-electron chi connectivity index (χ4n) is 2.67. The molecule has 3 rings (SSSR count). The molecule has 3 aromatic rings. The molecule has 1 amide bonds. The lowest BCUT2D eigenvalue weighted by molar-refractivity contribution is -0.118. The molecule has 128 valence electrons. The van der Waals surface area contributed by atoms with Crippen molar-refractivity contribution in [3.63, 3.8) is 0 Å². The molecular formula is C20H19ClN2O2. The third-order valence-corrected chi connectivity index (χ3v) is 4.26. The Balaban J connectivity index is 1.66. The Bertz CT molecular complexity index is 846. The number of aromatic nitrogens is 1. The average Bonchev–Trinajstić information content (AvgIpc) is 3.11. The first-order chi connectivity index (χ1) is 12.2. The molecule has 5 heteroatoms. The van der Waals surface area contributed by atoms with E-state index in [1.807, 2.05) is 61.5 Å². The van der Waals surface area contributed by atoms with Crippen LogP contribution in [0.3, 0.4) is 0 Å². The fraction of sp³-hybridized carbons (Fsp3) is 0.200. The molecule has 0 saturated heterocycles. The van der Waals surface area contributed by atoms with E-state index in [0.717, 1.165) is 11.3 Å². The summed E-state index contributed by atoms with van der Waals surface area (Å²) in [6.45, 7) is 2.59. The summed E-state index contributed by atoms with van der Waals surface area (Å²) in [7, 11) is 0.